The number of halogens is 1. The molecule has 11 nitrogen and oxygen atoms in total. The summed E-state index contributed by atoms with van der Waals surface area (Å²) in [6.45, 7) is 4.08. The van der Waals surface area contributed by atoms with Gasteiger partial charge in [0.15, 0.2) is 5.56 Å². The SMILES string of the molecule is CC(Cl)OC(=O)OCCC(C)C(O[N+](=O)[O-])C(C)O[N+](=O)[O-]. The molecule has 0 aliphatic rings. The van der Waals surface area contributed by atoms with Crippen molar-refractivity contribution in [1.29, 1.82) is 0 Å². The number of hydrogen-bond donors (Lipinski definition) is 0. The summed E-state index contributed by atoms with van der Waals surface area (Å²) < 4.78 is 9.20. The second-order valence-electron chi connectivity index (χ2n) is 4.35. The minimum absolute atomic E-state index is 0.133. The highest BCUT2D eigenvalue weighted by atomic mass is 35.5. The van der Waals surface area contributed by atoms with Gasteiger partial charge in [-0.2, -0.15) is 0 Å². The Morgan fingerprint density at radius 1 is 1.14 bits per heavy atom. The minimum atomic E-state index is -1.20. The van der Waals surface area contributed by atoms with E-state index in [2.05, 4.69) is 14.4 Å². The van der Waals surface area contributed by atoms with Gasteiger partial charge >= 0.3 is 6.16 Å². The van der Waals surface area contributed by atoms with Gasteiger partial charge in [-0.15, -0.1) is 20.2 Å². The van der Waals surface area contributed by atoms with Gasteiger partial charge in [-0.05, 0) is 26.2 Å². The molecule has 0 heterocycles. The molecule has 0 rings (SSSR count). The zero-order valence-corrected chi connectivity index (χ0v) is 12.9. The lowest BCUT2D eigenvalue weighted by molar-refractivity contribution is -0.799. The molecule has 0 bridgehead atoms. The van der Waals surface area contributed by atoms with Crippen LogP contribution in [-0.2, 0) is 19.1 Å². The van der Waals surface area contributed by atoms with Crippen LogP contribution in [-0.4, -0.2) is 40.7 Å². The van der Waals surface area contributed by atoms with Gasteiger partial charge in [0.25, 0.3) is 10.2 Å². The average Bonchev–Trinajstić information content (AvgIpc) is 2.33. The number of carbonyl (C=O) groups is 1. The van der Waals surface area contributed by atoms with Crippen LogP contribution in [0.4, 0.5) is 4.79 Å². The summed E-state index contributed by atoms with van der Waals surface area (Å²) >= 11 is 5.41. The number of alkyl halides is 1. The Bertz CT molecular complexity index is 393. The predicted molar refractivity (Wildman–Crippen MR) is 70.9 cm³/mol. The summed E-state index contributed by atoms with van der Waals surface area (Å²) in [5, 5.41) is 18.6. The van der Waals surface area contributed by atoms with Crippen LogP contribution in [0, 0.1) is 26.1 Å². The van der Waals surface area contributed by atoms with E-state index in [1.807, 2.05) is 0 Å². The van der Waals surface area contributed by atoms with E-state index in [0.29, 0.717) is 0 Å². The van der Waals surface area contributed by atoms with Crippen molar-refractivity contribution in [3.05, 3.63) is 20.2 Å². The zero-order chi connectivity index (χ0) is 17.3. The Morgan fingerprint density at radius 2 is 1.68 bits per heavy atom. The summed E-state index contributed by atoms with van der Waals surface area (Å²) in [6, 6.07) is 0. The molecule has 4 atom stereocenters. The molecular weight excluding hydrogens is 328 g/mol. The first-order chi connectivity index (χ1) is 10.1. The van der Waals surface area contributed by atoms with Gasteiger partial charge in [0.05, 0.1) is 6.61 Å². The van der Waals surface area contributed by atoms with Crippen molar-refractivity contribution in [2.75, 3.05) is 6.61 Å². The van der Waals surface area contributed by atoms with E-state index in [1.165, 1.54) is 20.8 Å². The monoisotopic (exact) mass is 344 g/mol. The first-order valence-corrected chi connectivity index (χ1v) is 6.67. The second kappa shape index (κ2) is 9.82. The maximum absolute atomic E-state index is 11.1. The number of hydrogen-bond acceptors (Lipinski definition) is 9. The lowest BCUT2D eigenvalue weighted by Gasteiger charge is -2.25. The lowest BCUT2D eigenvalue weighted by atomic mass is 9.97. The highest BCUT2D eigenvalue weighted by Crippen LogP contribution is 2.18. The molecule has 22 heavy (non-hydrogen) atoms. The Kier molecular flexibility index (Phi) is 8.91. The molecule has 0 aromatic rings. The lowest BCUT2D eigenvalue weighted by Crippen LogP contribution is -2.38. The molecule has 0 amide bonds. The predicted octanol–water partition coefficient (Wildman–Crippen LogP) is 1.92. The summed E-state index contributed by atoms with van der Waals surface area (Å²) in [5.74, 6) is -0.568. The molecule has 0 saturated carbocycles. The van der Waals surface area contributed by atoms with Crippen molar-refractivity contribution in [3.63, 3.8) is 0 Å². The molecule has 0 aliphatic carbocycles. The van der Waals surface area contributed by atoms with E-state index in [-0.39, 0.29) is 13.0 Å². The van der Waals surface area contributed by atoms with Crippen LogP contribution in [0.3, 0.4) is 0 Å². The molecule has 0 spiro atoms. The fourth-order valence-corrected chi connectivity index (χ4v) is 1.68. The topological polar surface area (TPSA) is 140 Å². The largest absolute Gasteiger partial charge is 0.509 e. The third-order valence-electron chi connectivity index (χ3n) is 2.54. The standard InChI is InChI=1S/C10H17ClN2O9/c1-6(4-5-19-10(14)20-8(3)11)9(22-13(17)18)7(2)21-12(15)16/h6-9H,4-5H2,1-3H3. The Morgan fingerprint density at radius 3 is 2.14 bits per heavy atom. The minimum Gasteiger partial charge on any atom is -0.434 e. The number of rotatable bonds is 10. The van der Waals surface area contributed by atoms with Crippen molar-refractivity contribution >= 4 is 17.8 Å². The summed E-state index contributed by atoms with van der Waals surface area (Å²) in [5.41, 5.74) is -0.857. The van der Waals surface area contributed by atoms with Crippen molar-refractivity contribution in [1.82, 2.24) is 0 Å². The number of ether oxygens (including phenoxy) is 2. The van der Waals surface area contributed by atoms with Gasteiger partial charge < -0.3 is 19.1 Å². The van der Waals surface area contributed by atoms with Crippen LogP contribution < -0.4 is 0 Å². The van der Waals surface area contributed by atoms with Gasteiger partial charge in [0.2, 0.25) is 0 Å². The molecule has 0 radical (unpaired) electrons. The second-order valence-corrected chi connectivity index (χ2v) is 4.97. The molecule has 128 valence electrons. The van der Waals surface area contributed by atoms with Gasteiger partial charge in [0.1, 0.15) is 12.2 Å². The Balaban J connectivity index is 4.44. The van der Waals surface area contributed by atoms with Crippen LogP contribution in [0.1, 0.15) is 27.2 Å². The third-order valence-corrected chi connectivity index (χ3v) is 2.62. The normalized spacial score (nSPS) is 15.8. The highest BCUT2D eigenvalue weighted by Gasteiger charge is 2.30. The molecule has 12 heteroatoms. The number of nitrogens with zero attached hydrogens (tertiary/aromatic N) is 2. The molecule has 0 fully saturated rings. The van der Waals surface area contributed by atoms with Crippen molar-refractivity contribution in [3.8, 4) is 0 Å². The van der Waals surface area contributed by atoms with Gasteiger partial charge in [-0.3, -0.25) is 0 Å². The van der Waals surface area contributed by atoms with Crippen molar-refractivity contribution in [2.24, 2.45) is 5.92 Å². The average molecular weight is 345 g/mol. The van der Waals surface area contributed by atoms with E-state index in [4.69, 9.17) is 16.3 Å². The van der Waals surface area contributed by atoms with Crippen LogP contribution in [0.2, 0.25) is 0 Å². The van der Waals surface area contributed by atoms with E-state index < -0.39 is 40.0 Å². The van der Waals surface area contributed by atoms with Crippen molar-refractivity contribution < 1.29 is 34.1 Å². The van der Waals surface area contributed by atoms with Crippen LogP contribution >= 0.6 is 11.6 Å². The smallest absolute Gasteiger partial charge is 0.434 e. The number of carbonyl (C=O) groups excluding carboxylic acids is 1. The highest BCUT2D eigenvalue weighted by molar-refractivity contribution is 6.19. The van der Waals surface area contributed by atoms with Crippen LogP contribution in [0.5, 0.6) is 0 Å². The Hall–Kier alpha value is -2.04. The van der Waals surface area contributed by atoms with Crippen LogP contribution in [0.15, 0.2) is 0 Å². The maximum atomic E-state index is 11.1. The first kappa shape index (κ1) is 20.0. The molecule has 0 saturated heterocycles. The summed E-state index contributed by atoms with van der Waals surface area (Å²) in [7, 11) is 0. The van der Waals surface area contributed by atoms with Gasteiger partial charge in [-0.25, -0.2) is 4.79 Å². The third kappa shape index (κ3) is 9.00. The quantitative estimate of drug-likeness (QED) is 0.251. The van der Waals surface area contributed by atoms with E-state index in [9.17, 15) is 25.0 Å². The first-order valence-electron chi connectivity index (χ1n) is 6.23. The fourth-order valence-electron chi connectivity index (χ4n) is 1.61. The summed E-state index contributed by atoms with van der Waals surface area (Å²) in [6.07, 6.45) is -3.23. The molecular formula is C10H17ClN2O9. The van der Waals surface area contributed by atoms with Gasteiger partial charge in [0, 0.05) is 0 Å². The molecule has 4 unspecified atom stereocenters. The molecule has 0 aromatic carbocycles. The maximum Gasteiger partial charge on any atom is 0.509 e. The molecule has 0 aromatic heterocycles. The van der Waals surface area contributed by atoms with E-state index in [0.717, 1.165) is 0 Å². The van der Waals surface area contributed by atoms with E-state index in [1.54, 1.807) is 0 Å². The van der Waals surface area contributed by atoms with Crippen molar-refractivity contribution in [2.45, 2.75) is 45.0 Å². The summed E-state index contributed by atoms with van der Waals surface area (Å²) in [4.78, 5) is 40.5. The zero-order valence-electron chi connectivity index (χ0n) is 12.2. The van der Waals surface area contributed by atoms with Gasteiger partial charge in [-0.1, -0.05) is 18.5 Å². The molecule has 0 aliphatic heterocycles. The Labute approximate surface area is 130 Å². The van der Waals surface area contributed by atoms with Crippen LogP contribution in [0.25, 0.3) is 0 Å². The fraction of sp³-hybridized carbons (Fsp3) is 0.900. The molecule has 0 N–H and O–H groups in total. The van der Waals surface area contributed by atoms with E-state index >= 15 is 0 Å².